The van der Waals surface area contributed by atoms with E-state index >= 15 is 0 Å². The van der Waals surface area contributed by atoms with Crippen molar-refractivity contribution >= 4 is 39.2 Å². The van der Waals surface area contributed by atoms with E-state index in [-0.39, 0.29) is 28.5 Å². The van der Waals surface area contributed by atoms with Crippen LogP contribution in [0, 0.1) is 19.8 Å². The van der Waals surface area contributed by atoms with Gasteiger partial charge in [0, 0.05) is 36.1 Å². The molecule has 3 aromatic rings. The van der Waals surface area contributed by atoms with Crippen LogP contribution >= 0.6 is 0 Å². The summed E-state index contributed by atoms with van der Waals surface area (Å²) in [7, 11) is -2.40. The highest BCUT2D eigenvalue weighted by Crippen LogP contribution is 2.41. The summed E-state index contributed by atoms with van der Waals surface area (Å²) in [6, 6.07) is 12.3. The molecule has 0 saturated heterocycles. The maximum absolute atomic E-state index is 13.8. The van der Waals surface area contributed by atoms with Gasteiger partial charge in [-0.1, -0.05) is 75.5 Å². The molecule has 2 aliphatic rings. The van der Waals surface area contributed by atoms with Crippen LogP contribution in [0.3, 0.4) is 0 Å². The van der Waals surface area contributed by atoms with Gasteiger partial charge < -0.3 is 9.42 Å². The molecular formula is C34H43N5O5S. The van der Waals surface area contributed by atoms with Gasteiger partial charge >= 0.3 is 0 Å². The fourth-order valence-corrected chi connectivity index (χ4v) is 7.45. The van der Waals surface area contributed by atoms with E-state index in [0.717, 1.165) is 56.3 Å². The standard InChI is InChI=1S/C34H43N5O5S/c1-7-8-15-30-35-34(18-11-12-19-34)33(41)39(30)21-25-16-17-26(28(20-25)38(6)32(40)22(2)3)27-13-9-10-14-29(27)45(42,43)37-31-23(4)24(5)36-44-31/h9-10,13-14,16-17,20,22,37H,7-8,11-12,15,18-19,21H2,1-6H3. The zero-order chi connectivity index (χ0) is 32.5. The molecular weight excluding hydrogens is 590 g/mol. The van der Waals surface area contributed by atoms with Crippen LogP contribution in [0.25, 0.3) is 11.1 Å². The number of nitrogens with one attached hydrogen (secondary N) is 1. The van der Waals surface area contributed by atoms with E-state index in [1.54, 1.807) is 44.0 Å². The summed E-state index contributed by atoms with van der Waals surface area (Å²) in [5.41, 5.74) is 2.92. The average molecular weight is 634 g/mol. The quantitative estimate of drug-likeness (QED) is 0.253. The molecule has 1 aliphatic carbocycles. The monoisotopic (exact) mass is 633 g/mol. The van der Waals surface area contributed by atoms with Crippen LogP contribution in [0.2, 0.25) is 0 Å². The minimum Gasteiger partial charge on any atom is -0.337 e. The summed E-state index contributed by atoms with van der Waals surface area (Å²) in [5, 5.41) is 3.87. The van der Waals surface area contributed by atoms with Gasteiger partial charge in [-0.05, 0) is 50.8 Å². The molecule has 2 amide bonds. The number of benzene rings is 2. The summed E-state index contributed by atoms with van der Waals surface area (Å²) in [6.45, 7) is 9.57. The lowest BCUT2D eigenvalue weighted by atomic mass is 9.97. The Hall–Kier alpha value is -3.99. The molecule has 1 spiro atoms. The Balaban J connectivity index is 1.56. The second-order valence-corrected chi connectivity index (χ2v) is 14.1. The van der Waals surface area contributed by atoms with Gasteiger partial charge in [0.05, 0.1) is 22.8 Å². The zero-order valence-electron chi connectivity index (χ0n) is 27.0. The molecule has 2 heterocycles. The smallest absolute Gasteiger partial charge is 0.264 e. The van der Waals surface area contributed by atoms with Gasteiger partial charge in [-0.3, -0.25) is 19.5 Å². The summed E-state index contributed by atoms with van der Waals surface area (Å²) >= 11 is 0. The fraction of sp³-hybridized carbons (Fsp3) is 0.471. The first kappa shape index (κ1) is 32.4. The second-order valence-electron chi connectivity index (χ2n) is 12.5. The van der Waals surface area contributed by atoms with E-state index in [1.165, 1.54) is 6.07 Å². The first-order valence-electron chi connectivity index (χ1n) is 15.7. The Morgan fingerprint density at radius 3 is 2.47 bits per heavy atom. The van der Waals surface area contributed by atoms with Gasteiger partial charge in [-0.15, -0.1) is 0 Å². The van der Waals surface area contributed by atoms with Crippen LogP contribution in [0.15, 0.2) is 56.9 Å². The summed E-state index contributed by atoms with van der Waals surface area (Å²) < 4.78 is 35.2. The number of hydrogen-bond acceptors (Lipinski definition) is 7. The number of amides is 2. The van der Waals surface area contributed by atoms with Gasteiger partial charge in [0.1, 0.15) is 11.4 Å². The molecule has 0 unspecified atom stereocenters. The highest BCUT2D eigenvalue weighted by atomic mass is 32.2. The lowest BCUT2D eigenvalue weighted by Crippen LogP contribution is -2.40. The van der Waals surface area contributed by atoms with Crippen LogP contribution < -0.4 is 9.62 Å². The molecule has 0 atom stereocenters. The van der Waals surface area contributed by atoms with Gasteiger partial charge in [0.25, 0.3) is 15.9 Å². The SMILES string of the molecule is CCCCC1=NC2(CCCC2)C(=O)N1Cc1ccc(-c2ccccc2S(=O)(=O)Nc2onc(C)c2C)c(N(C)C(=O)C(C)C)c1. The Morgan fingerprint density at radius 2 is 1.82 bits per heavy atom. The number of unbranched alkanes of at least 4 members (excludes halogenated alkanes) is 1. The Kier molecular flexibility index (Phi) is 9.21. The summed E-state index contributed by atoms with van der Waals surface area (Å²) in [4.78, 5) is 35.6. The molecule has 1 saturated carbocycles. The van der Waals surface area contributed by atoms with Crippen LogP contribution in [0.4, 0.5) is 11.6 Å². The number of carbonyl (C=O) groups excluding carboxylic acids is 2. The minimum atomic E-state index is -4.10. The van der Waals surface area contributed by atoms with Crippen molar-refractivity contribution in [2.75, 3.05) is 16.7 Å². The van der Waals surface area contributed by atoms with Crippen molar-refractivity contribution in [3.8, 4) is 11.1 Å². The van der Waals surface area contributed by atoms with E-state index in [1.807, 2.05) is 36.9 Å². The van der Waals surface area contributed by atoms with Crippen molar-refractivity contribution in [2.45, 2.75) is 96.5 Å². The largest absolute Gasteiger partial charge is 0.337 e. The number of aliphatic imine (C=N–C) groups is 1. The molecule has 1 aliphatic heterocycles. The predicted molar refractivity (Wildman–Crippen MR) is 176 cm³/mol. The van der Waals surface area contributed by atoms with Gasteiger partial charge in [0.2, 0.25) is 11.8 Å². The zero-order valence-corrected chi connectivity index (χ0v) is 27.8. The van der Waals surface area contributed by atoms with Crippen molar-refractivity contribution in [3.63, 3.8) is 0 Å². The van der Waals surface area contributed by atoms with Crippen LogP contribution in [-0.4, -0.2) is 48.7 Å². The third-order valence-electron chi connectivity index (χ3n) is 8.92. The van der Waals surface area contributed by atoms with Crippen LogP contribution in [0.1, 0.15) is 82.5 Å². The Labute approximate surface area is 265 Å². The average Bonchev–Trinajstić information content (AvgIpc) is 3.70. The van der Waals surface area contributed by atoms with Crippen LogP contribution in [0.5, 0.6) is 0 Å². The van der Waals surface area contributed by atoms with E-state index in [0.29, 0.717) is 34.6 Å². The Morgan fingerprint density at radius 1 is 1.11 bits per heavy atom. The number of hydrogen-bond donors (Lipinski definition) is 1. The number of carbonyl (C=O) groups is 2. The molecule has 2 aromatic carbocycles. The van der Waals surface area contributed by atoms with Crippen molar-refractivity contribution < 1.29 is 22.5 Å². The fourth-order valence-electron chi connectivity index (χ4n) is 6.18. The third kappa shape index (κ3) is 6.27. The molecule has 1 N–H and O–H groups in total. The molecule has 0 bridgehead atoms. The summed E-state index contributed by atoms with van der Waals surface area (Å²) in [5.74, 6) is 0.540. The van der Waals surface area contributed by atoms with Crippen molar-refractivity contribution in [1.82, 2.24) is 10.1 Å². The Bertz CT molecular complexity index is 1740. The number of aromatic nitrogens is 1. The lowest BCUT2D eigenvalue weighted by molar-refractivity contribution is -0.131. The minimum absolute atomic E-state index is 0.0322. The van der Waals surface area contributed by atoms with Crippen LogP contribution in [-0.2, 0) is 26.2 Å². The van der Waals surface area contributed by atoms with E-state index in [9.17, 15) is 18.0 Å². The number of sulfonamides is 1. The topological polar surface area (TPSA) is 125 Å². The number of amidine groups is 1. The normalized spacial score (nSPS) is 16.1. The molecule has 10 nitrogen and oxygen atoms in total. The van der Waals surface area contributed by atoms with Gasteiger partial charge in [-0.2, -0.15) is 0 Å². The third-order valence-corrected chi connectivity index (χ3v) is 10.3. The number of anilines is 2. The number of aryl methyl sites for hydroxylation is 1. The molecule has 11 heteroatoms. The first-order chi connectivity index (χ1) is 21.4. The predicted octanol–water partition coefficient (Wildman–Crippen LogP) is 6.62. The first-order valence-corrected chi connectivity index (χ1v) is 17.2. The summed E-state index contributed by atoms with van der Waals surface area (Å²) in [6.07, 6.45) is 6.24. The van der Waals surface area contributed by atoms with Crippen molar-refractivity contribution in [1.29, 1.82) is 0 Å². The second kappa shape index (κ2) is 12.8. The molecule has 240 valence electrons. The number of nitrogens with zero attached hydrogens (tertiary/aromatic N) is 4. The molecule has 1 aromatic heterocycles. The van der Waals surface area contributed by atoms with Crippen molar-refractivity contribution in [3.05, 3.63) is 59.3 Å². The maximum atomic E-state index is 13.8. The number of rotatable bonds is 11. The molecule has 1 fully saturated rings. The lowest BCUT2D eigenvalue weighted by Gasteiger charge is -2.26. The van der Waals surface area contributed by atoms with Gasteiger partial charge in [-0.25, -0.2) is 13.1 Å². The maximum Gasteiger partial charge on any atom is 0.264 e. The van der Waals surface area contributed by atoms with E-state index in [4.69, 9.17) is 9.52 Å². The highest BCUT2D eigenvalue weighted by molar-refractivity contribution is 7.92. The highest BCUT2D eigenvalue weighted by Gasteiger charge is 2.49. The molecule has 0 radical (unpaired) electrons. The van der Waals surface area contributed by atoms with E-state index in [2.05, 4.69) is 16.8 Å². The van der Waals surface area contributed by atoms with E-state index < -0.39 is 15.6 Å². The molecule has 45 heavy (non-hydrogen) atoms. The molecule has 5 rings (SSSR count). The van der Waals surface area contributed by atoms with Crippen molar-refractivity contribution in [2.24, 2.45) is 10.9 Å². The van der Waals surface area contributed by atoms with Gasteiger partial charge in [0.15, 0.2) is 0 Å².